The fraction of sp³-hybridized carbons (Fsp3) is 0. The molecule has 28 heavy (non-hydrogen) atoms. The first-order chi connectivity index (χ1) is 13.8. The lowest BCUT2D eigenvalue weighted by Crippen LogP contribution is -1.95. The second-order valence-corrected chi connectivity index (χ2v) is 7.21. The quantitative estimate of drug-likeness (QED) is 0.405. The van der Waals surface area contributed by atoms with E-state index in [-0.39, 0.29) is 0 Å². The Labute approximate surface area is 166 Å². The first kappa shape index (κ1) is 16.6. The Morgan fingerprint density at radius 3 is 2.25 bits per heavy atom. The average Bonchev–Trinajstić information content (AvgIpc) is 3.25. The van der Waals surface area contributed by atoms with Crippen molar-refractivity contribution in [3.63, 3.8) is 0 Å². The van der Waals surface area contributed by atoms with Crippen LogP contribution in [-0.4, -0.2) is 15.0 Å². The van der Waals surface area contributed by atoms with Crippen LogP contribution >= 0.6 is 11.3 Å². The van der Waals surface area contributed by atoms with Crippen molar-refractivity contribution in [1.82, 2.24) is 15.0 Å². The zero-order valence-electron chi connectivity index (χ0n) is 14.9. The van der Waals surface area contributed by atoms with Crippen LogP contribution in [0, 0.1) is 0 Å². The number of hydrogen-bond acceptors (Lipinski definition) is 5. The lowest BCUT2D eigenvalue weighted by atomic mass is 10.1. The highest BCUT2D eigenvalue weighted by atomic mass is 32.1. The minimum absolute atomic E-state index is 0.728. The van der Waals surface area contributed by atoms with E-state index in [4.69, 9.17) is 4.98 Å². The van der Waals surface area contributed by atoms with Crippen molar-refractivity contribution in [2.45, 2.75) is 0 Å². The van der Waals surface area contributed by atoms with Crippen LogP contribution in [0.25, 0.3) is 32.9 Å². The molecule has 0 saturated heterocycles. The Bertz CT molecular complexity index is 1230. The molecular weight excluding hydrogens is 364 g/mol. The highest BCUT2D eigenvalue weighted by molar-refractivity contribution is 7.13. The van der Waals surface area contributed by atoms with Crippen molar-refractivity contribution in [2.24, 2.45) is 0 Å². The number of fused-ring (bicyclic) bond motifs is 1. The van der Waals surface area contributed by atoms with E-state index in [1.807, 2.05) is 54.6 Å². The van der Waals surface area contributed by atoms with Crippen molar-refractivity contribution >= 4 is 33.9 Å². The number of nitrogens with one attached hydrogen (secondary N) is 1. The molecule has 0 unspecified atom stereocenters. The van der Waals surface area contributed by atoms with Crippen molar-refractivity contribution in [3.05, 3.63) is 90.4 Å². The van der Waals surface area contributed by atoms with Crippen molar-refractivity contribution in [2.75, 3.05) is 5.32 Å². The van der Waals surface area contributed by atoms with Crippen molar-refractivity contribution in [3.8, 4) is 21.8 Å². The van der Waals surface area contributed by atoms with Crippen molar-refractivity contribution < 1.29 is 0 Å². The number of para-hydroxylation sites is 2. The van der Waals surface area contributed by atoms with E-state index >= 15 is 0 Å². The number of thiazole rings is 1. The van der Waals surface area contributed by atoms with Gasteiger partial charge in [-0.1, -0.05) is 54.6 Å². The predicted molar refractivity (Wildman–Crippen MR) is 116 cm³/mol. The van der Waals surface area contributed by atoms with Gasteiger partial charge in [-0.05, 0) is 24.3 Å². The summed E-state index contributed by atoms with van der Waals surface area (Å²) in [7, 11) is 0. The predicted octanol–water partition coefficient (Wildman–Crippen LogP) is 6.16. The summed E-state index contributed by atoms with van der Waals surface area (Å²) in [5, 5.41) is 6.44. The van der Waals surface area contributed by atoms with Gasteiger partial charge in [-0.2, -0.15) is 0 Å². The molecule has 0 aliphatic heterocycles. The number of hydrogen-bond donors (Lipinski definition) is 1. The smallest absolute Gasteiger partial charge is 0.149 e. The maximum absolute atomic E-state index is 4.77. The van der Waals surface area contributed by atoms with Gasteiger partial charge in [0.2, 0.25) is 0 Å². The van der Waals surface area contributed by atoms with E-state index in [0.29, 0.717) is 0 Å². The molecule has 0 saturated carbocycles. The molecule has 2 aromatic heterocycles. The summed E-state index contributed by atoms with van der Waals surface area (Å²) in [4.78, 5) is 13.8. The Hall–Kier alpha value is -3.57. The van der Waals surface area contributed by atoms with Crippen LogP contribution in [0.15, 0.2) is 90.4 Å². The van der Waals surface area contributed by atoms with Gasteiger partial charge in [0.15, 0.2) is 0 Å². The molecule has 0 atom stereocenters. The molecule has 4 nitrogen and oxygen atoms in total. The topological polar surface area (TPSA) is 50.7 Å². The molecule has 3 aromatic carbocycles. The van der Waals surface area contributed by atoms with E-state index in [2.05, 4.69) is 44.9 Å². The summed E-state index contributed by atoms with van der Waals surface area (Å²) in [6.45, 7) is 0. The Morgan fingerprint density at radius 1 is 0.679 bits per heavy atom. The molecule has 0 aliphatic carbocycles. The van der Waals surface area contributed by atoms with Gasteiger partial charge < -0.3 is 5.32 Å². The second-order valence-electron chi connectivity index (χ2n) is 6.35. The first-order valence-corrected chi connectivity index (χ1v) is 9.83. The molecule has 134 valence electrons. The zero-order chi connectivity index (χ0) is 18.8. The van der Waals surface area contributed by atoms with E-state index in [1.165, 1.54) is 0 Å². The Morgan fingerprint density at radius 2 is 1.43 bits per heavy atom. The van der Waals surface area contributed by atoms with Crippen LogP contribution in [-0.2, 0) is 0 Å². The molecule has 5 heteroatoms. The molecule has 0 spiro atoms. The van der Waals surface area contributed by atoms with Crippen LogP contribution < -0.4 is 5.32 Å². The number of rotatable bonds is 4. The third-order valence-corrected chi connectivity index (χ3v) is 5.32. The maximum atomic E-state index is 4.77. The standard InChI is InChI=1S/C23H16N4S/c1-2-6-17(7-3-1)23-27-21(15-28-23)16-10-12-18(13-11-16)25-22-14-24-19-8-4-5-9-20(19)26-22/h1-15H,(H,25,26). The third-order valence-electron chi connectivity index (χ3n) is 4.43. The van der Waals surface area contributed by atoms with E-state index in [0.717, 1.165) is 44.4 Å². The molecule has 0 fully saturated rings. The van der Waals surface area contributed by atoms with Gasteiger partial charge >= 0.3 is 0 Å². The highest BCUT2D eigenvalue weighted by Gasteiger charge is 2.07. The maximum Gasteiger partial charge on any atom is 0.149 e. The fourth-order valence-corrected chi connectivity index (χ4v) is 3.84. The van der Waals surface area contributed by atoms with Crippen LogP contribution in [0.5, 0.6) is 0 Å². The molecule has 0 bridgehead atoms. The minimum Gasteiger partial charge on any atom is -0.339 e. The highest BCUT2D eigenvalue weighted by Crippen LogP contribution is 2.29. The van der Waals surface area contributed by atoms with Gasteiger partial charge in [0.1, 0.15) is 10.8 Å². The van der Waals surface area contributed by atoms with Gasteiger partial charge in [-0.15, -0.1) is 11.3 Å². The molecule has 5 rings (SSSR count). The molecule has 2 heterocycles. The average molecular weight is 380 g/mol. The minimum atomic E-state index is 0.728. The fourth-order valence-electron chi connectivity index (χ4n) is 3.01. The van der Waals surface area contributed by atoms with E-state index < -0.39 is 0 Å². The summed E-state index contributed by atoms with van der Waals surface area (Å²) >= 11 is 1.66. The Kier molecular flexibility index (Phi) is 4.27. The van der Waals surface area contributed by atoms with Gasteiger partial charge in [0, 0.05) is 22.2 Å². The molecule has 0 amide bonds. The lowest BCUT2D eigenvalue weighted by molar-refractivity contribution is 1.28. The summed E-state index contributed by atoms with van der Waals surface area (Å²) < 4.78 is 0. The molecule has 0 radical (unpaired) electrons. The van der Waals surface area contributed by atoms with Crippen LogP contribution in [0.4, 0.5) is 11.5 Å². The monoisotopic (exact) mass is 380 g/mol. The van der Waals surface area contributed by atoms with Crippen molar-refractivity contribution in [1.29, 1.82) is 0 Å². The van der Waals surface area contributed by atoms with Crippen LogP contribution in [0.2, 0.25) is 0 Å². The molecular formula is C23H16N4S. The van der Waals surface area contributed by atoms with Crippen LogP contribution in [0.3, 0.4) is 0 Å². The van der Waals surface area contributed by atoms with E-state index in [1.54, 1.807) is 17.5 Å². The third kappa shape index (κ3) is 3.35. The summed E-state index contributed by atoms with van der Waals surface area (Å²) in [5.41, 5.74) is 5.95. The Balaban J connectivity index is 1.36. The molecule has 1 N–H and O–H groups in total. The summed E-state index contributed by atoms with van der Waals surface area (Å²) in [5.74, 6) is 0.728. The summed E-state index contributed by atoms with van der Waals surface area (Å²) in [6, 6.07) is 26.3. The normalized spacial score (nSPS) is 10.9. The second kappa shape index (κ2) is 7.21. The number of aromatic nitrogens is 3. The largest absolute Gasteiger partial charge is 0.339 e. The van der Waals surface area contributed by atoms with E-state index in [9.17, 15) is 0 Å². The van der Waals surface area contributed by atoms with Gasteiger partial charge in [0.25, 0.3) is 0 Å². The number of nitrogens with zero attached hydrogens (tertiary/aromatic N) is 3. The lowest BCUT2D eigenvalue weighted by Gasteiger charge is -2.07. The zero-order valence-corrected chi connectivity index (χ0v) is 15.7. The SMILES string of the molecule is c1ccc(-c2nc(-c3ccc(Nc4cnc5ccccc5n4)cc3)cs2)cc1. The molecule has 5 aromatic rings. The van der Waals surface area contributed by atoms with Gasteiger partial charge in [-0.3, -0.25) is 4.98 Å². The number of benzene rings is 3. The first-order valence-electron chi connectivity index (χ1n) is 8.95. The number of anilines is 2. The van der Waals surface area contributed by atoms with Crippen LogP contribution in [0.1, 0.15) is 0 Å². The summed E-state index contributed by atoms with van der Waals surface area (Å²) in [6.07, 6.45) is 1.75. The van der Waals surface area contributed by atoms with Gasteiger partial charge in [-0.25, -0.2) is 9.97 Å². The molecule has 0 aliphatic rings. The van der Waals surface area contributed by atoms with Gasteiger partial charge in [0.05, 0.1) is 22.9 Å².